The number of H-pyrrole nitrogens is 1. The van der Waals surface area contributed by atoms with Crippen LogP contribution in [-0.2, 0) is 6.18 Å². The zero-order valence-corrected chi connectivity index (χ0v) is 21.5. The quantitative estimate of drug-likeness (QED) is 0.216. The number of halogens is 4. The van der Waals surface area contributed by atoms with Gasteiger partial charge in [-0.05, 0) is 54.8 Å². The molecule has 5 rings (SSSR count). The molecule has 1 fully saturated rings. The van der Waals surface area contributed by atoms with Crippen molar-refractivity contribution in [1.82, 2.24) is 20.1 Å². The number of piperidine rings is 1. The number of alkyl halides is 3. The fourth-order valence-corrected chi connectivity index (χ4v) is 4.75. The van der Waals surface area contributed by atoms with Crippen LogP contribution in [0, 0.1) is 5.82 Å². The van der Waals surface area contributed by atoms with Gasteiger partial charge in [-0.15, -0.1) is 0 Å². The Morgan fingerprint density at radius 1 is 1.02 bits per heavy atom. The van der Waals surface area contributed by atoms with E-state index in [0.29, 0.717) is 24.3 Å². The van der Waals surface area contributed by atoms with E-state index in [1.807, 2.05) is 0 Å². The summed E-state index contributed by atoms with van der Waals surface area (Å²) < 4.78 is 52.4. The van der Waals surface area contributed by atoms with Crippen molar-refractivity contribution in [3.8, 4) is 11.3 Å². The monoisotopic (exact) mass is 567 g/mol. The van der Waals surface area contributed by atoms with Gasteiger partial charge in [0, 0.05) is 30.3 Å². The first-order valence-corrected chi connectivity index (χ1v) is 12.7. The summed E-state index contributed by atoms with van der Waals surface area (Å²) in [6, 6.07) is 15.9. The Morgan fingerprint density at radius 2 is 1.76 bits per heavy atom. The third-order valence-corrected chi connectivity index (χ3v) is 6.76. The van der Waals surface area contributed by atoms with Crippen LogP contribution in [0.2, 0.25) is 0 Å². The molecule has 2 aromatic carbocycles. The van der Waals surface area contributed by atoms with Gasteiger partial charge in [0.2, 0.25) is 0 Å². The molecule has 1 atom stereocenters. The Hall–Kier alpha value is -4.94. The predicted octanol–water partition coefficient (Wildman–Crippen LogP) is 5.88. The van der Waals surface area contributed by atoms with Crippen molar-refractivity contribution in [2.45, 2.75) is 24.9 Å². The van der Waals surface area contributed by atoms with Gasteiger partial charge in [0.15, 0.2) is 0 Å². The molecule has 0 unspecified atom stereocenters. The number of nitrogens with two attached hydrogens (primary N) is 1. The van der Waals surface area contributed by atoms with E-state index < -0.39 is 17.8 Å². The standard InChI is InChI=1S/C28H25F4N7O2/c29-19-10-6-16(7-11-19)18-3-2-14-39(15-18)27(41)34-20-12-8-17(9-13-20)24-23(25(33)40)26(38-37-24)36-22-5-1-4-21(35-22)28(30,31)32/h1,4-13,18H,2-3,14-15H2,(H2,33,40)(H,34,41)(H2,35,36,37,38)/t18-/m0/s1. The van der Waals surface area contributed by atoms with Crippen molar-refractivity contribution in [1.29, 1.82) is 0 Å². The molecule has 41 heavy (non-hydrogen) atoms. The normalized spacial score (nSPS) is 15.4. The number of likely N-dealkylation sites (tertiary alicyclic amines) is 1. The van der Waals surface area contributed by atoms with Crippen LogP contribution in [0.15, 0.2) is 66.7 Å². The molecule has 13 heteroatoms. The smallest absolute Gasteiger partial charge is 0.365 e. The maximum atomic E-state index is 13.3. The van der Waals surface area contributed by atoms with Crippen LogP contribution in [0.3, 0.4) is 0 Å². The van der Waals surface area contributed by atoms with Gasteiger partial charge in [-0.1, -0.05) is 30.3 Å². The Balaban J connectivity index is 1.28. The van der Waals surface area contributed by atoms with Gasteiger partial charge in [0.25, 0.3) is 5.91 Å². The number of carbonyl (C=O) groups is 2. The molecule has 3 amide bonds. The lowest BCUT2D eigenvalue weighted by molar-refractivity contribution is -0.141. The van der Waals surface area contributed by atoms with E-state index in [2.05, 4.69) is 25.8 Å². The largest absolute Gasteiger partial charge is 0.433 e. The van der Waals surface area contributed by atoms with Gasteiger partial charge in [0.05, 0.1) is 0 Å². The fourth-order valence-electron chi connectivity index (χ4n) is 4.75. The van der Waals surface area contributed by atoms with Crippen LogP contribution >= 0.6 is 0 Å². The number of urea groups is 1. The molecule has 2 aromatic heterocycles. The summed E-state index contributed by atoms with van der Waals surface area (Å²) in [5.74, 6) is -1.23. The van der Waals surface area contributed by atoms with Crippen molar-refractivity contribution in [3.05, 3.63) is 89.4 Å². The Labute approximate surface area is 231 Å². The van der Waals surface area contributed by atoms with E-state index in [-0.39, 0.29) is 40.7 Å². The summed E-state index contributed by atoms with van der Waals surface area (Å²) in [5, 5.41) is 12.2. The van der Waals surface area contributed by atoms with Crippen molar-refractivity contribution in [3.63, 3.8) is 0 Å². The molecular weight excluding hydrogens is 542 g/mol. The summed E-state index contributed by atoms with van der Waals surface area (Å²) in [5.41, 5.74) is 6.53. The van der Waals surface area contributed by atoms with Gasteiger partial charge < -0.3 is 21.3 Å². The van der Waals surface area contributed by atoms with Crippen molar-refractivity contribution in [2.75, 3.05) is 23.7 Å². The fraction of sp³-hybridized carbons (Fsp3) is 0.214. The van der Waals surface area contributed by atoms with Gasteiger partial charge in [-0.2, -0.15) is 18.3 Å². The SMILES string of the molecule is NC(=O)c1c(-c2ccc(NC(=O)N3CCC[C@H](c4ccc(F)cc4)C3)cc2)n[nH]c1Nc1cccc(C(F)(F)F)n1. The first-order chi connectivity index (χ1) is 19.6. The molecule has 4 aromatic rings. The number of nitrogens with one attached hydrogen (secondary N) is 3. The second-order valence-electron chi connectivity index (χ2n) is 9.56. The van der Waals surface area contributed by atoms with Gasteiger partial charge in [0.1, 0.15) is 34.4 Å². The number of hydrogen-bond donors (Lipinski definition) is 4. The number of aromatic amines is 1. The molecule has 0 saturated carbocycles. The van der Waals surface area contributed by atoms with Crippen LogP contribution < -0.4 is 16.4 Å². The lowest BCUT2D eigenvalue weighted by atomic mass is 9.91. The molecule has 0 spiro atoms. The first-order valence-electron chi connectivity index (χ1n) is 12.7. The summed E-state index contributed by atoms with van der Waals surface area (Å²) in [6.07, 6.45) is -2.93. The second kappa shape index (κ2) is 11.3. The van der Waals surface area contributed by atoms with Crippen LogP contribution in [0.4, 0.5) is 39.7 Å². The maximum Gasteiger partial charge on any atom is 0.433 e. The van der Waals surface area contributed by atoms with E-state index in [1.54, 1.807) is 41.3 Å². The highest BCUT2D eigenvalue weighted by Gasteiger charge is 2.32. The number of anilines is 3. The van der Waals surface area contributed by atoms with E-state index in [4.69, 9.17) is 5.73 Å². The van der Waals surface area contributed by atoms with E-state index in [9.17, 15) is 27.2 Å². The summed E-state index contributed by atoms with van der Waals surface area (Å²) in [4.78, 5) is 30.5. The van der Waals surface area contributed by atoms with Crippen LogP contribution in [0.25, 0.3) is 11.3 Å². The molecule has 1 aliphatic rings. The topological polar surface area (TPSA) is 129 Å². The zero-order chi connectivity index (χ0) is 29.1. The van der Waals surface area contributed by atoms with Crippen molar-refractivity contribution >= 4 is 29.3 Å². The minimum absolute atomic E-state index is 0.0162. The number of aromatic nitrogens is 3. The Bertz CT molecular complexity index is 1550. The minimum Gasteiger partial charge on any atom is -0.365 e. The Morgan fingerprint density at radius 3 is 2.44 bits per heavy atom. The van der Waals surface area contributed by atoms with E-state index in [1.165, 1.54) is 24.3 Å². The minimum atomic E-state index is -4.64. The molecule has 212 valence electrons. The molecule has 1 aliphatic heterocycles. The summed E-state index contributed by atoms with van der Waals surface area (Å²) in [7, 11) is 0. The number of amides is 3. The lowest BCUT2D eigenvalue weighted by Crippen LogP contribution is -2.41. The number of hydrogen-bond acceptors (Lipinski definition) is 5. The molecule has 0 bridgehead atoms. The maximum absolute atomic E-state index is 13.3. The van der Waals surface area contributed by atoms with Crippen LogP contribution in [-0.4, -0.2) is 45.1 Å². The van der Waals surface area contributed by atoms with Gasteiger partial charge in [-0.3, -0.25) is 9.89 Å². The highest BCUT2D eigenvalue weighted by Crippen LogP contribution is 2.32. The number of nitrogens with zero attached hydrogens (tertiary/aromatic N) is 3. The number of carbonyl (C=O) groups excluding carboxylic acids is 2. The molecule has 3 heterocycles. The van der Waals surface area contributed by atoms with Crippen molar-refractivity contribution in [2.24, 2.45) is 5.73 Å². The number of rotatable bonds is 6. The molecule has 5 N–H and O–H groups in total. The average molecular weight is 568 g/mol. The van der Waals surface area contributed by atoms with Crippen molar-refractivity contribution < 1.29 is 27.2 Å². The highest BCUT2D eigenvalue weighted by molar-refractivity contribution is 6.04. The second-order valence-corrected chi connectivity index (χ2v) is 9.56. The molecule has 0 aliphatic carbocycles. The van der Waals surface area contributed by atoms with Crippen LogP contribution in [0.1, 0.15) is 40.4 Å². The summed E-state index contributed by atoms with van der Waals surface area (Å²) >= 11 is 0. The van der Waals surface area contributed by atoms with E-state index >= 15 is 0 Å². The molecule has 1 saturated heterocycles. The number of pyridine rings is 1. The first kappa shape index (κ1) is 27.6. The van der Waals surface area contributed by atoms with E-state index in [0.717, 1.165) is 24.5 Å². The van der Waals surface area contributed by atoms with Gasteiger partial charge in [-0.25, -0.2) is 14.2 Å². The third-order valence-electron chi connectivity index (χ3n) is 6.76. The van der Waals surface area contributed by atoms with Crippen LogP contribution in [0.5, 0.6) is 0 Å². The molecule has 0 radical (unpaired) electrons. The predicted molar refractivity (Wildman–Crippen MR) is 144 cm³/mol. The Kier molecular flexibility index (Phi) is 7.60. The third kappa shape index (κ3) is 6.29. The zero-order valence-electron chi connectivity index (χ0n) is 21.5. The highest BCUT2D eigenvalue weighted by atomic mass is 19.4. The molecular formula is C28H25F4N7O2. The van der Waals surface area contributed by atoms with Gasteiger partial charge >= 0.3 is 12.2 Å². The molecule has 9 nitrogen and oxygen atoms in total. The lowest BCUT2D eigenvalue weighted by Gasteiger charge is -2.33. The number of primary amides is 1. The number of benzene rings is 2. The summed E-state index contributed by atoms with van der Waals surface area (Å²) in [6.45, 7) is 1.09. The average Bonchev–Trinajstić information content (AvgIpc) is 3.37.